The van der Waals surface area contributed by atoms with Crippen LogP contribution in [0.15, 0.2) is 53.6 Å². The number of fused-ring (bicyclic) bond motifs is 1. The van der Waals surface area contributed by atoms with Crippen molar-refractivity contribution < 1.29 is 0 Å². The lowest BCUT2D eigenvalue weighted by Gasteiger charge is -2.19. The summed E-state index contributed by atoms with van der Waals surface area (Å²) in [6.45, 7) is 4.10. The number of aromatic nitrogens is 4. The van der Waals surface area contributed by atoms with Gasteiger partial charge in [0.15, 0.2) is 0 Å². The molecule has 4 rings (SSSR count). The van der Waals surface area contributed by atoms with E-state index < -0.39 is 0 Å². The predicted molar refractivity (Wildman–Crippen MR) is 120 cm³/mol. The number of hydrogen-bond donors (Lipinski definition) is 2. The highest BCUT2D eigenvalue weighted by atomic mass is 32.2. The van der Waals surface area contributed by atoms with Crippen LogP contribution in [0.2, 0.25) is 0 Å². The van der Waals surface area contributed by atoms with Gasteiger partial charge in [0.2, 0.25) is 5.95 Å². The molecule has 2 aromatic heterocycles. The number of benzene rings is 2. The lowest BCUT2D eigenvalue weighted by Crippen LogP contribution is -2.12. The van der Waals surface area contributed by atoms with Crippen molar-refractivity contribution in [2.45, 2.75) is 18.7 Å². The minimum absolute atomic E-state index is 0.532. The summed E-state index contributed by atoms with van der Waals surface area (Å²) in [5.74, 6) is 1.33. The average Bonchev–Trinajstić information content (AvgIpc) is 3.02. The Morgan fingerprint density at radius 2 is 1.93 bits per heavy atom. The van der Waals surface area contributed by atoms with Crippen molar-refractivity contribution in [2.75, 3.05) is 17.3 Å². The van der Waals surface area contributed by atoms with E-state index in [9.17, 15) is 0 Å². The van der Waals surface area contributed by atoms with E-state index in [1.807, 2.05) is 60.9 Å². The highest BCUT2D eigenvalue weighted by Gasteiger charge is 2.11. The maximum atomic E-state index is 5.74. The Bertz CT molecular complexity index is 1190. The summed E-state index contributed by atoms with van der Waals surface area (Å²) in [5, 5.41) is 14.7. The molecule has 0 aliphatic heterocycles. The van der Waals surface area contributed by atoms with Crippen LogP contribution in [0.3, 0.4) is 0 Å². The van der Waals surface area contributed by atoms with Gasteiger partial charge in [0, 0.05) is 47.6 Å². The van der Waals surface area contributed by atoms with Gasteiger partial charge in [-0.1, -0.05) is 6.07 Å². The molecule has 29 heavy (non-hydrogen) atoms. The van der Waals surface area contributed by atoms with Gasteiger partial charge in [-0.25, -0.2) is 4.98 Å². The van der Waals surface area contributed by atoms with Gasteiger partial charge in [-0.05, 0) is 67.8 Å². The van der Waals surface area contributed by atoms with Gasteiger partial charge in [0.1, 0.15) is 5.82 Å². The van der Waals surface area contributed by atoms with Crippen molar-refractivity contribution in [2.24, 2.45) is 12.2 Å². The number of anilines is 4. The molecule has 4 aromatic rings. The van der Waals surface area contributed by atoms with Crippen LogP contribution in [0.25, 0.3) is 10.9 Å². The molecule has 0 bridgehead atoms. The van der Waals surface area contributed by atoms with Crippen LogP contribution in [-0.2, 0) is 7.05 Å². The summed E-state index contributed by atoms with van der Waals surface area (Å²) >= 11 is 1.23. The molecule has 0 aliphatic rings. The third-order valence-electron chi connectivity index (χ3n) is 5.06. The minimum Gasteiger partial charge on any atom is -0.329 e. The summed E-state index contributed by atoms with van der Waals surface area (Å²) in [6.07, 6.45) is 1.75. The van der Waals surface area contributed by atoms with Gasteiger partial charge in [0.25, 0.3) is 0 Å². The SMILES string of the molecule is Cc1ccc(Nc2nccc(N(C)c3ccc4nn(C)c(C)c4c3)n2)cc1SN. The highest BCUT2D eigenvalue weighted by molar-refractivity contribution is 7.97. The maximum Gasteiger partial charge on any atom is 0.229 e. The molecule has 0 fully saturated rings. The lowest BCUT2D eigenvalue weighted by molar-refractivity contribution is 0.751. The third kappa shape index (κ3) is 3.76. The molecule has 3 N–H and O–H groups in total. The molecule has 2 aromatic carbocycles. The second-order valence-corrected chi connectivity index (χ2v) is 7.61. The summed E-state index contributed by atoms with van der Waals surface area (Å²) in [6, 6.07) is 14.1. The van der Waals surface area contributed by atoms with E-state index in [0.29, 0.717) is 5.95 Å². The van der Waals surface area contributed by atoms with E-state index in [1.54, 1.807) is 6.20 Å². The van der Waals surface area contributed by atoms with Gasteiger partial charge < -0.3 is 10.2 Å². The molecule has 0 unspecified atom stereocenters. The van der Waals surface area contributed by atoms with Crippen molar-refractivity contribution in [3.63, 3.8) is 0 Å². The van der Waals surface area contributed by atoms with E-state index in [1.165, 1.54) is 11.9 Å². The molecule has 0 aliphatic carbocycles. The van der Waals surface area contributed by atoms with Crippen molar-refractivity contribution in [1.82, 2.24) is 19.7 Å². The van der Waals surface area contributed by atoms with E-state index in [2.05, 4.69) is 39.4 Å². The Morgan fingerprint density at radius 3 is 2.72 bits per heavy atom. The Hall–Kier alpha value is -3.10. The molecular weight excluding hydrogens is 382 g/mol. The van der Waals surface area contributed by atoms with Crippen LogP contribution in [0, 0.1) is 13.8 Å². The largest absolute Gasteiger partial charge is 0.329 e. The van der Waals surface area contributed by atoms with Gasteiger partial charge in [-0.15, -0.1) is 0 Å². The van der Waals surface area contributed by atoms with Crippen LogP contribution < -0.4 is 15.4 Å². The lowest BCUT2D eigenvalue weighted by atomic mass is 10.2. The monoisotopic (exact) mass is 405 g/mol. The Balaban J connectivity index is 1.62. The summed E-state index contributed by atoms with van der Waals surface area (Å²) < 4.78 is 1.90. The van der Waals surface area contributed by atoms with Crippen molar-refractivity contribution in [3.8, 4) is 0 Å². The Labute approximate surface area is 174 Å². The number of nitrogens with two attached hydrogens (primary N) is 1. The second-order valence-electron chi connectivity index (χ2n) is 6.93. The van der Waals surface area contributed by atoms with Crippen LogP contribution in [0.1, 0.15) is 11.3 Å². The minimum atomic E-state index is 0.532. The molecule has 0 spiro atoms. The maximum absolute atomic E-state index is 5.74. The van der Waals surface area contributed by atoms with Crippen molar-refractivity contribution in [1.29, 1.82) is 0 Å². The molecular formula is C21H23N7S. The summed E-state index contributed by atoms with van der Waals surface area (Å²) in [7, 11) is 3.95. The number of nitrogens with one attached hydrogen (secondary N) is 1. The van der Waals surface area contributed by atoms with E-state index in [-0.39, 0.29) is 0 Å². The summed E-state index contributed by atoms with van der Waals surface area (Å²) in [4.78, 5) is 12.1. The number of nitrogens with zero attached hydrogens (tertiary/aromatic N) is 5. The first-order valence-corrected chi connectivity index (χ1v) is 10.1. The Kier molecular flexibility index (Phi) is 5.12. The molecule has 0 saturated carbocycles. The first-order chi connectivity index (χ1) is 14.0. The highest BCUT2D eigenvalue weighted by Crippen LogP contribution is 2.28. The molecule has 0 saturated heterocycles. The fourth-order valence-corrected chi connectivity index (χ4v) is 3.63. The first-order valence-electron chi connectivity index (χ1n) is 9.21. The molecule has 7 nitrogen and oxygen atoms in total. The van der Waals surface area contributed by atoms with Crippen LogP contribution in [0.4, 0.5) is 23.1 Å². The zero-order valence-corrected chi connectivity index (χ0v) is 17.7. The molecule has 0 amide bonds. The zero-order valence-electron chi connectivity index (χ0n) is 16.8. The zero-order chi connectivity index (χ0) is 20.5. The van der Waals surface area contributed by atoms with Crippen molar-refractivity contribution in [3.05, 3.63) is 59.9 Å². The topological polar surface area (TPSA) is 84.9 Å². The predicted octanol–water partition coefficient (Wildman–Crippen LogP) is 4.46. The van der Waals surface area contributed by atoms with Gasteiger partial charge in [0.05, 0.1) is 5.52 Å². The standard InChI is InChI=1S/C21H23N7S/c1-13-5-6-15(11-19(13)29-22)24-21-23-10-9-20(25-21)27(3)16-7-8-18-17(12-16)14(2)28(4)26-18/h5-12H,22H2,1-4H3,(H,23,24,25). The van der Waals surface area contributed by atoms with Gasteiger partial charge in [-0.2, -0.15) is 10.1 Å². The number of aryl methyl sites for hydroxylation is 3. The van der Waals surface area contributed by atoms with Crippen LogP contribution in [-0.4, -0.2) is 26.8 Å². The molecule has 2 heterocycles. The quantitative estimate of drug-likeness (QED) is 0.474. The normalized spacial score (nSPS) is 11.1. The van der Waals surface area contributed by atoms with E-state index in [0.717, 1.165) is 44.2 Å². The van der Waals surface area contributed by atoms with E-state index in [4.69, 9.17) is 5.14 Å². The molecule has 8 heteroatoms. The van der Waals surface area contributed by atoms with Gasteiger partial charge in [-0.3, -0.25) is 9.82 Å². The smallest absolute Gasteiger partial charge is 0.229 e. The van der Waals surface area contributed by atoms with E-state index >= 15 is 0 Å². The third-order valence-corrected chi connectivity index (χ3v) is 5.75. The average molecular weight is 406 g/mol. The van der Waals surface area contributed by atoms with Crippen LogP contribution in [0.5, 0.6) is 0 Å². The fourth-order valence-electron chi connectivity index (χ4n) is 3.18. The Morgan fingerprint density at radius 1 is 1.10 bits per heavy atom. The van der Waals surface area contributed by atoms with Gasteiger partial charge >= 0.3 is 0 Å². The molecule has 0 radical (unpaired) electrons. The fraction of sp³-hybridized carbons (Fsp3) is 0.190. The molecule has 148 valence electrons. The van der Waals surface area contributed by atoms with Crippen molar-refractivity contribution >= 4 is 46.0 Å². The number of rotatable bonds is 5. The first kappa shape index (κ1) is 19.2. The van der Waals surface area contributed by atoms with Crippen LogP contribution >= 0.6 is 11.9 Å². The molecule has 0 atom stereocenters. The number of hydrogen-bond acceptors (Lipinski definition) is 7. The summed E-state index contributed by atoms with van der Waals surface area (Å²) in [5.41, 5.74) is 5.19. The second kappa shape index (κ2) is 7.73.